The minimum atomic E-state index is -0.264. The molecule has 3 aromatic rings. The van der Waals surface area contributed by atoms with E-state index in [1.165, 1.54) is 0 Å². The number of rotatable bonds is 3. The molecule has 0 saturated carbocycles. The lowest BCUT2D eigenvalue weighted by Gasteiger charge is -2.38. The molecule has 0 bridgehead atoms. The zero-order valence-electron chi connectivity index (χ0n) is 17.0. The van der Waals surface area contributed by atoms with Crippen LogP contribution >= 0.6 is 11.6 Å². The van der Waals surface area contributed by atoms with Crippen molar-refractivity contribution in [3.05, 3.63) is 52.9 Å². The van der Waals surface area contributed by atoms with Gasteiger partial charge >= 0.3 is 0 Å². The number of carbonyl (C=O) groups excluding carboxylic acids is 2. The first kappa shape index (κ1) is 19.8. The van der Waals surface area contributed by atoms with Gasteiger partial charge in [-0.15, -0.1) is 0 Å². The quantitative estimate of drug-likeness (QED) is 0.618. The summed E-state index contributed by atoms with van der Waals surface area (Å²) < 4.78 is 13.1. The molecule has 5 rings (SSSR count). The topological polar surface area (TPSA) is 90.5 Å². The molecule has 31 heavy (non-hydrogen) atoms. The first-order valence-corrected chi connectivity index (χ1v) is 10.6. The van der Waals surface area contributed by atoms with E-state index in [1.54, 1.807) is 46.2 Å². The second kappa shape index (κ2) is 7.85. The van der Waals surface area contributed by atoms with E-state index in [9.17, 15) is 9.59 Å². The largest absolute Gasteiger partial charge is 0.489 e. The maximum Gasteiger partial charge on any atom is 0.276 e. The maximum absolute atomic E-state index is 13.0. The SMILES string of the molecule is Cn1cc(-c2cc(C(=O)N3CCCC(C4CC(=O)c5cc(Cl)ccc5O4)C3)no2)cn1. The van der Waals surface area contributed by atoms with Crippen LogP contribution in [0.1, 0.15) is 40.1 Å². The lowest BCUT2D eigenvalue weighted by molar-refractivity contribution is 0.0404. The number of amides is 1. The molecule has 160 valence electrons. The van der Waals surface area contributed by atoms with Crippen molar-refractivity contribution in [1.82, 2.24) is 19.8 Å². The van der Waals surface area contributed by atoms with Gasteiger partial charge in [-0.25, -0.2) is 0 Å². The molecule has 0 N–H and O–H groups in total. The number of hydrogen-bond acceptors (Lipinski definition) is 6. The van der Waals surface area contributed by atoms with Gasteiger partial charge in [-0.3, -0.25) is 14.3 Å². The normalized spacial score (nSPS) is 21.0. The number of Topliss-reactive ketones (excluding diaryl/α,β-unsaturated/α-hetero) is 1. The van der Waals surface area contributed by atoms with Gasteiger partial charge in [-0.2, -0.15) is 5.10 Å². The van der Waals surface area contributed by atoms with Crippen LogP contribution in [-0.2, 0) is 7.05 Å². The molecule has 0 spiro atoms. The molecule has 2 unspecified atom stereocenters. The summed E-state index contributed by atoms with van der Waals surface area (Å²) in [4.78, 5) is 27.4. The Labute approximate surface area is 183 Å². The number of ketones is 1. The first-order valence-electron chi connectivity index (χ1n) is 10.2. The summed E-state index contributed by atoms with van der Waals surface area (Å²) in [6.07, 6.45) is 5.22. The highest BCUT2D eigenvalue weighted by atomic mass is 35.5. The van der Waals surface area contributed by atoms with Crippen LogP contribution in [0.15, 0.2) is 41.2 Å². The molecule has 0 radical (unpaired) electrons. The van der Waals surface area contributed by atoms with Crippen molar-refractivity contribution >= 4 is 23.3 Å². The Morgan fingerprint density at radius 1 is 1.29 bits per heavy atom. The summed E-state index contributed by atoms with van der Waals surface area (Å²) in [5.74, 6) is 0.969. The van der Waals surface area contributed by atoms with Crippen molar-refractivity contribution in [3.8, 4) is 17.1 Å². The van der Waals surface area contributed by atoms with Gasteiger partial charge in [0.1, 0.15) is 11.9 Å². The van der Waals surface area contributed by atoms with Gasteiger partial charge in [0, 0.05) is 49.8 Å². The van der Waals surface area contributed by atoms with Crippen LogP contribution in [0.25, 0.3) is 11.3 Å². The summed E-state index contributed by atoms with van der Waals surface area (Å²) >= 11 is 6.01. The smallest absolute Gasteiger partial charge is 0.276 e. The third-order valence-corrected chi connectivity index (χ3v) is 6.13. The fraction of sp³-hybridized carbons (Fsp3) is 0.364. The molecule has 4 heterocycles. The van der Waals surface area contributed by atoms with Crippen LogP contribution in [0, 0.1) is 5.92 Å². The van der Waals surface area contributed by atoms with Gasteiger partial charge < -0.3 is 14.2 Å². The number of aryl methyl sites for hydroxylation is 1. The molecule has 2 atom stereocenters. The predicted octanol–water partition coefficient (Wildman–Crippen LogP) is 3.61. The van der Waals surface area contributed by atoms with Crippen molar-refractivity contribution < 1.29 is 18.8 Å². The summed E-state index contributed by atoms with van der Waals surface area (Å²) in [6.45, 7) is 1.14. The van der Waals surface area contributed by atoms with E-state index < -0.39 is 0 Å². The Morgan fingerprint density at radius 3 is 2.97 bits per heavy atom. The van der Waals surface area contributed by atoms with Crippen LogP contribution < -0.4 is 4.74 Å². The van der Waals surface area contributed by atoms with E-state index in [-0.39, 0.29) is 35.8 Å². The summed E-state index contributed by atoms with van der Waals surface area (Å²) in [5, 5.41) is 8.59. The summed E-state index contributed by atoms with van der Waals surface area (Å²) in [5.41, 5.74) is 1.55. The van der Waals surface area contributed by atoms with E-state index in [4.69, 9.17) is 20.9 Å². The number of hydrogen-bond donors (Lipinski definition) is 0. The van der Waals surface area contributed by atoms with Gasteiger partial charge in [-0.05, 0) is 31.0 Å². The molecular formula is C22H21ClN4O4. The molecule has 0 aliphatic carbocycles. The lowest BCUT2D eigenvalue weighted by atomic mass is 9.87. The Morgan fingerprint density at radius 2 is 2.16 bits per heavy atom. The number of likely N-dealkylation sites (tertiary alicyclic amines) is 1. The Balaban J connectivity index is 1.29. The Kier molecular flexibility index (Phi) is 5.02. The minimum Gasteiger partial charge on any atom is -0.489 e. The average molecular weight is 441 g/mol. The number of aromatic nitrogens is 3. The molecule has 2 aliphatic heterocycles. The van der Waals surface area contributed by atoms with Gasteiger partial charge in [0.15, 0.2) is 17.2 Å². The molecule has 8 nitrogen and oxygen atoms in total. The summed E-state index contributed by atoms with van der Waals surface area (Å²) in [6, 6.07) is 6.75. The van der Waals surface area contributed by atoms with Crippen LogP contribution in [0.4, 0.5) is 0 Å². The van der Waals surface area contributed by atoms with Crippen molar-refractivity contribution in [3.63, 3.8) is 0 Å². The highest BCUT2D eigenvalue weighted by Gasteiger charge is 2.36. The average Bonchev–Trinajstić information content (AvgIpc) is 3.43. The van der Waals surface area contributed by atoms with E-state index in [0.717, 1.165) is 18.4 Å². The Bertz CT molecular complexity index is 1150. The second-order valence-electron chi connectivity index (χ2n) is 8.06. The van der Waals surface area contributed by atoms with Crippen LogP contribution in [0.5, 0.6) is 5.75 Å². The molecule has 1 amide bonds. The maximum atomic E-state index is 13.0. The molecule has 2 aliphatic rings. The number of benzene rings is 1. The number of halogens is 1. The Hall–Kier alpha value is -3.13. The number of ether oxygens (including phenoxy) is 1. The van der Waals surface area contributed by atoms with E-state index in [0.29, 0.717) is 35.2 Å². The number of fused-ring (bicyclic) bond motifs is 1. The predicted molar refractivity (Wildman–Crippen MR) is 112 cm³/mol. The molecule has 1 fully saturated rings. The first-order chi connectivity index (χ1) is 15.0. The fourth-order valence-corrected chi connectivity index (χ4v) is 4.48. The molecule has 1 saturated heterocycles. The fourth-order valence-electron chi connectivity index (χ4n) is 4.30. The number of piperidine rings is 1. The van der Waals surface area contributed by atoms with Crippen LogP contribution in [-0.4, -0.2) is 50.7 Å². The van der Waals surface area contributed by atoms with E-state index >= 15 is 0 Å². The van der Waals surface area contributed by atoms with Crippen LogP contribution in [0.3, 0.4) is 0 Å². The van der Waals surface area contributed by atoms with Crippen LogP contribution in [0.2, 0.25) is 5.02 Å². The van der Waals surface area contributed by atoms with E-state index in [1.807, 2.05) is 7.05 Å². The third kappa shape index (κ3) is 3.83. The zero-order valence-corrected chi connectivity index (χ0v) is 17.7. The van der Waals surface area contributed by atoms with Gasteiger partial charge in [0.05, 0.1) is 17.3 Å². The number of carbonyl (C=O) groups is 2. The zero-order chi connectivity index (χ0) is 21.5. The van der Waals surface area contributed by atoms with Gasteiger partial charge in [0.25, 0.3) is 5.91 Å². The molecular weight excluding hydrogens is 420 g/mol. The minimum absolute atomic E-state index is 0.0230. The highest BCUT2D eigenvalue weighted by molar-refractivity contribution is 6.31. The molecule has 2 aromatic heterocycles. The van der Waals surface area contributed by atoms with Crippen molar-refractivity contribution in [2.45, 2.75) is 25.4 Å². The summed E-state index contributed by atoms with van der Waals surface area (Å²) in [7, 11) is 1.81. The van der Waals surface area contributed by atoms with Gasteiger partial charge in [-0.1, -0.05) is 16.8 Å². The third-order valence-electron chi connectivity index (χ3n) is 5.90. The highest BCUT2D eigenvalue weighted by Crippen LogP contribution is 2.35. The van der Waals surface area contributed by atoms with Gasteiger partial charge in [0.2, 0.25) is 0 Å². The second-order valence-corrected chi connectivity index (χ2v) is 8.49. The van der Waals surface area contributed by atoms with Crippen molar-refractivity contribution in [2.75, 3.05) is 13.1 Å². The number of nitrogens with zero attached hydrogens (tertiary/aromatic N) is 4. The molecule has 1 aromatic carbocycles. The molecule has 9 heteroatoms. The van der Waals surface area contributed by atoms with Crippen molar-refractivity contribution in [2.24, 2.45) is 13.0 Å². The van der Waals surface area contributed by atoms with E-state index in [2.05, 4.69) is 10.3 Å². The standard InChI is InChI=1S/C22H21ClN4O4/c1-26-11-14(10-24-26)21-8-17(25-31-21)22(29)27-6-2-3-13(12-27)20-9-18(28)16-7-15(23)4-5-19(16)30-20/h4-5,7-8,10-11,13,20H,2-3,6,9,12H2,1H3. The lowest BCUT2D eigenvalue weighted by Crippen LogP contribution is -2.46. The monoisotopic (exact) mass is 440 g/mol. The van der Waals surface area contributed by atoms with Crippen molar-refractivity contribution in [1.29, 1.82) is 0 Å².